The first kappa shape index (κ1) is 10.1. The summed E-state index contributed by atoms with van der Waals surface area (Å²) in [7, 11) is 0. The third-order valence-corrected chi connectivity index (χ3v) is 6.71. The Balaban J connectivity index is 2.84. The van der Waals surface area contributed by atoms with E-state index in [9.17, 15) is 0 Å². The summed E-state index contributed by atoms with van der Waals surface area (Å²) in [6, 6.07) is 4.38. The number of rotatable bonds is 1. The van der Waals surface area contributed by atoms with Crippen LogP contribution in [-0.2, 0) is 0 Å². The molecule has 0 saturated carbocycles. The van der Waals surface area contributed by atoms with Gasteiger partial charge in [-0.3, -0.25) is 0 Å². The van der Waals surface area contributed by atoms with Crippen LogP contribution in [0.1, 0.15) is 25.6 Å². The van der Waals surface area contributed by atoms with Crippen molar-refractivity contribution in [3.05, 3.63) is 16.3 Å². The van der Waals surface area contributed by atoms with Crippen molar-refractivity contribution >= 4 is 36.1 Å². The summed E-state index contributed by atoms with van der Waals surface area (Å²) in [6.07, 6.45) is 0. The van der Waals surface area contributed by atoms with E-state index >= 15 is 0 Å². The molecule has 12 heavy (non-hydrogen) atoms. The number of hydrogen-bond donors (Lipinski definition) is 0. The van der Waals surface area contributed by atoms with E-state index in [4.69, 9.17) is 5.26 Å². The molecule has 1 heterocycles. The first-order chi connectivity index (χ1) is 5.53. The van der Waals surface area contributed by atoms with Gasteiger partial charge in [-0.05, 0) is 0 Å². The van der Waals surface area contributed by atoms with Crippen molar-refractivity contribution in [1.29, 1.82) is 5.26 Å². The third-order valence-electron chi connectivity index (χ3n) is 1.28. The van der Waals surface area contributed by atoms with Crippen LogP contribution in [0.25, 0.3) is 0 Å². The van der Waals surface area contributed by atoms with Crippen LogP contribution in [0.3, 0.4) is 0 Å². The van der Waals surface area contributed by atoms with Gasteiger partial charge in [0.25, 0.3) is 0 Å². The summed E-state index contributed by atoms with van der Waals surface area (Å²) in [4.78, 5) is 0.941. The summed E-state index contributed by atoms with van der Waals surface area (Å²) in [5.41, 5.74) is 0. The van der Waals surface area contributed by atoms with E-state index in [-0.39, 0.29) is 0 Å². The number of nitriles is 1. The molecule has 0 amide bonds. The van der Waals surface area contributed by atoms with Gasteiger partial charge < -0.3 is 0 Å². The average molecular weight is 284 g/mol. The Labute approximate surface area is 87.6 Å². The van der Waals surface area contributed by atoms with E-state index in [0.29, 0.717) is 3.43 Å². The fourth-order valence-electron chi connectivity index (χ4n) is 0.898. The van der Waals surface area contributed by atoms with E-state index in [0.717, 1.165) is 4.88 Å². The third kappa shape index (κ3) is 2.80. The minimum absolute atomic E-state index is 0.441. The quantitative estimate of drug-likeness (QED) is 0.725. The molecule has 0 atom stereocenters. The van der Waals surface area contributed by atoms with E-state index < -0.39 is 21.1 Å². The molecule has 0 bridgehead atoms. The molecule has 0 spiro atoms. The van der Waals surface area contributed by atoms with Crippen molar-refractivity contribution in [3.63, 3.8) is 0 Å². The van der Waals surface area contributed by atoms with Gasteiger partial charge >= 0.3 is 87.9 Å². The standard InChI is InChI=1S/C5H2NS.C4H9.Sn/c6-4-5-2-1-3-7-5;1-4(2)3;/h1,3H;1-3H3;. The van der Waals surface area contributed by atoms with Crippen LogP contribution in [0, 0.1) is 11.3 Å². The Morgan fingerprint density at radius 3 is 2.67 bits per heavy atom. The number of thiophene rings is 1. The molecule has 0 saturated heterocycles. The van der Waals surface area contributed by atoms with Gasteiger partial charge in [0.1, 0.15) is 0 Å². The zero-order valence-corrected chi connectivity index (χ0v) is 11.2. The second-order valence-corrected chi connectivity index (χ2v) is 11.1. The van der Waals surface area contributed by atoms with Crippen molar-refractivity contribution in [3.8, 4) is 6.07 Å². The molecule has 0 aliphatic heterocycles. The number of nitrogens with zero attached hydrogens (tertiary/aromatic N) is 1. The summed E-state index contributed by atoms with van der Waals surface area (Å²) in [6.45, 7) is 6.79. The van der Waals surface area contributed by atoms with Crippen LogP contribution < -0.4 is 3.58 Å². The maximum absolute atomic E-state index is 8.79. The Bertz CT molecular complexity index is 303. The molecule has 1 aromatic rings. The fourth-order valence-corrected chi connectivity index (χ4v) is 5.94. The summed E-state index contributed by atoms with van der Waals surface area (Å²) in [5, 5.41) is 10.8. The molecule has 0 aromatic carbocycles. The van der Waals surface area contributed by atoms with Gasteiger partial charge in [0.2, 0.25) is 0 Å². The monoisotopic (exact) mass is 285 g/mol. The van der Waals surface area contributed by atoms with Crippen LogP contribution in [0.5, 0.6) is 0 Å². The molecule has 1 aromatic heterocycles. The van der Waals surface area contributed by atoms with Crippen molar-refractivity contribution in [2.45, 2.75) is 24.2 Å². The van der Waals surface area contributed by atoms with Gasteiger partial charge in [-0.25, -0.2) is 0 Å². The molecule has 3 heteroatoms. The predicted molar refractivity (Wildman–Crippen MR) is 54.1 cm³/mol. The average Bonchev–Trinajstić information content (AvgIpc) is 2.31. The van der Waals surface area contributed by atoms with E-state index in [1.807, 2.05) is 5.38 Å². The van der Waals surface area contributed by atoms with E-state index in [1.165, 1.54) is 3.58 Å². The van der Waals surface area contributed by atoms with Crippen LogP contribution in [0.2, 0.25) is 3.43 Å². The molecule has 0 fully saturated rings. The first-order valence-electron chi connectivity index (χ1n) is 3.79. The Morgan fingerprint density at radius 2 is 2.17 bits per heavy atom. The van der Waals surface area contributed by atoms with Crippen LogP contribution in [0.4, 0.5) is 0 Å². The van der Waals surface area contributed by atoms with Crippen LogP contribution >= 0.6 is 11.3 Å². The molecule has 0 aliphatic carbocycles. The zero-order chi connectivity index (χ0) is 9.19. The summed E-state index contributed by atoms with van der Waals surface area (Å²) < 4.78 is 1.80. The molecular formula is C9H11NSSn. The summed E-state index contributed by atoms with van der Waals surface area (Å²) >= 11 is 1.00. The second kappa shape index (κ2) is 3.80. The van der Waals surface area contributed by atoms with Crippen molar-refractivity contribution < 1.29 is 0 Å². The molecule has 2 radical (unpaired) electrons. The van der Waals surface area contributed by atoms with Crippen molar-refractivity contribution in [2.75, 3.05) is 0 Å². The first-order valence-corrected chi connectivity index (χ1v) is 7.52. The van der Waals surface area contributed by atoms with Crippen molar-refractivity contribution in [2.24, 2.45) is 0 Å². The van der Waals surface area contributed by atoms with Gasteiger partial charge in [-0.15, -0.1) is 0 Å². The predicted octanol–water partition coefficient (Wildman–Crippen LogP) is 2.17. The molecule has 62 valence electrons. The number of hydrogen-bond acceptors (Lipinski definition) is 2. The molecule has 0 aliphatic rings. The second-order valence-electron chi connectivity index (χ2n) is 3.65. The fraction of sp³-hybridized carbons (Fsp3) is 0.444. The summed E-state index contributed by atoms with van der Waals surface area (Å²) in [5.74, 6) is 0. The van der Waals surface area contributed by atoms with Crippen LogP contribution in [0.15, 0.2) is 11.4 Å². The van der Waals surface area contributed by atoms with Crippen LogP contribution in [-0.4, -0.2) is 21.1 Å². The molecular weight excluding hydrogens is 273 g/mol. The van der Waals surface area contributed by atoms with Gasteiger partial charge in [-0.1, -0.05) is 0 Å². The minimum atomic E-state index is -0.567. The van der Waals surface area contributed by atoms with Crippen molar-refractivity contribution in [1.82, 2.24) is 0 Å². The maximum atomic E-state index is 8.79. The van der Waals surface area contributed by atoms with E-state index in [1.54, 1.807) is 11.3 Å². The Morgan fingerprint density at radius 1 is 1.50 bits per heavy atom. The van der Waals surface area contributed by atoms with Gasteiger partial charge in [0.05, 0.1) is 0 Å². The Hall–Kier alpha value is -0.0113. The SMILES string of the molecule is C[C](C)(C)[Sn][c]1ccsc1C#N. The van der Waals surface area contributed by atoms with E-state index in [2.05, 4.69) is 32.9 Å². The van der Waals surface area contributed by atoms with Gasteiger partial charge in [0.15, 0.2) is 0 Å². The zero-order valence-electron chi connectivity index (χ0n) is 7.51. The molecule has 1 rings (SSSR count). The molecule has 0 N–H and O–H groups in total. The van der Waals surface area contributed by atoms with Gasteiger partial charge in [0, 0.05) is 0 Å². The van der Waals surface area contributed by atoms with Gasteiger partial charge in [-0.2, -0.15) is 0 Å². The topological polar surface area (TPSA) is 23.8 Å². The molecule has 1 nitrogen and oxygen atoms in total. The Kier molecular flexibility index (Phi) is 3.19. The molecule has 0 unspecified atom stereocenters. The normalized spacial score (nSPS) is 11.2.